The first-order valence-electron chi connectivity index (χ1n) is 15.2. The van der Waals surface area contributed by atoms with Crippen molar-refractivity contribution in [3.05, 3.63) is 157 Å². The highest BCUT2D eigenvalue weighted by Crippen LogP contribution is 2.56. The SMILES string of the molecule is CC1(C)c2cccc(-c3c4ccccc4c(-c4ccc5ccccc5c4)c4ccccc34)c2-c2c1ccc1ccccc21. The third-order valence-corrected chi connectivity index (χ3v) is 9.83. The van der Waals surface area contributed by atoms with Crippen LogP contribution in [-0.2, 0) is 5.41 Å². The van der Waals surface area contributed by atoms with Crippen LogP contribution < -0.4 is 0 Å². The van der Waals surface area contributed by atoms with Crippen LogP contribution >= 0.6 is 0 Å². The van der Waals surface area contributed by atoms with Gasteiger partial charge in [0, 0.05) is 5.41 Å². The summed E-state index contributed by atoms with van der Waals surface area (Å²) in [4.78, 5) is 0. The van der Waals surface area contributed by atoms with Crippen LogP contribution in [-0.4, -0.2) is 0 Å². The van der Waals surface area contributed by atoms with Crippen molar-refractivity contribution in [2.75, 3.05) is 0 Å². The molecule has 0 bridgehead atoms. The predicted octanol–water partition coefficient (Wildman–Crippen LogP) is 11.9. The second kappa shape index (κ2) is 8.90. The van der Waals surface area contributed by atoms with E-state index >= 15 is 0 Å². The molecule has 0 nitrogen and oxygen atoms in total. The minimum atomic E-state index is -0.0820. The average molecular weight is 547 g/mol. The fourth-order valence-corrected chi connectivity index (χ4v) is 7.83. The zero-order chi connectivity index (χ0) is 28.7. The predicted molar refractivity (Wildman–Crippen MR) is 185 cm³/mol. The summed E-state index contributed by atoms with van der Waals surface area (Å²) in [5, 5.41) is 10.3. The van der Waals surface area contributed by atoms with Crippen molar-refractivity contribution >= 4 is 43.1 Å². The summed E-state index contributed by atoms with van der Waals surface area (Å²) in [7, 11) is 0. The van der Waals surface area contributed by atoms with Crippen molar-refractivity contribution < 1.29 is 0 Å². The molecule has 0 atom stereocenters. The van der Waals surface area contributed by atoms with Crippen LogP contribution in [0.5, 0.6) is 0 Å². The van der Waals surface area contributed by atoms with Crippen LogP contribution in [0, 0.1) is 0 Å². The van der Waals surface area contributed by atoms with Crippen molar-refractivity contribution in [1.82, 2.24) is 0 Å². The topological polar surface area (TPSA) is 0 Å². The molecule has 0 radical (unpaired) electrons. The van der Waals surface area contributed by atoms with E-state index in [-0.39, 0.29) is 5.41 Å². The van der Waals surface area contributed by atoms with Gasteiger partial charge in [0.15, 0.2) is 0 Å². The van der Waals surface area contributed by atoms with Gasteiger partial charge in [-0.25, -0.2) is 0 Å². The monoisotopic (exact) mass is 546 g/mol. The molecule has 43 heavy (non-hydrogen) atoms. The van der Waals surface area contributed by atoms with Gasteiger partial charge in [0.1, 0.15) is 0 Å². The smallest absolute Gasteiger partial charge is 0.0159 e. The molecule has 0 unspecified atom stereocenters. The van der Waals surface area contributed by atoms with E-state index in [0.29, 0.717) is 0 Å². The Labute approximate surface area is 251 Å². The van der Waals surface area contributed by atoms with Gasteiger partial charge in [-0.1, -0.05) is 153 Å². The first-order chi connectivity index (χ1) is 21.1. The summed E-state index contributed by atoms with van der Waals surface area (Å²) < 4.78 is 0. The first kappa shape index (κ1) is 24.4. The van der Waals surface area contributed by atoms with Gasteiger partial charge in [0.25, 0.3) is 0 Å². The number of benzene rings is 8. The van der Waals surface area contributed by atoms with E-state index in [1.807, 2.05) is 0 Å². The highest BCUT2D eigenvalue weighted by atomic mass is 14.4. The van der Waals surface area contributed by atoms with E-state index in [4.69, 9.17) is 0 Å². The molecule has 0 fully saturated rings. The summed E-state index contributed by atoms with van der Waals surface area (Å²) >= 11 is 0. The lowest BCUT2D eigenvalue weighted by Crippen LogP contribution is -2.14. The molecule has 8 aromatic carbocycles. The molecule has 0 saturated heterocycles. The molecule has 1 aliphatic carbocycles. The molecular weight excluding hydrogens is 516 g/mol. The minimum Gasteiger partial charge on any atom is -0.0616 e. The van der Waals surface area contributed by atoms with Gasteiger partial charge in [-0.15, -0.1) is 0 Å². The van der Waals surface area contributed by atoms with Crippen molar-refractivity contribution in [2.45, 2.75) is 19.3 Å². The molecule has 0 heteroatoms. The standard InChI is InChI=1S/C43H30/c1-43(2)37-21-11-20-36(42(37)41-31-15-6-5-13-28(31)24-25-38(41)43)40-34-18-9-7-16-32(34)39(33-17-8-10-19-35(33)40)30-23-22-27-12-3-4-14-29(27)26-30/h3-26H,1-2H3. The quantitative estimate of drug-likeness (QED) is 0.189. The lowest BCUT2D eigenvalue weighted by Gasteiger charge is -2.22. The van der Waals surface area contributed by atoms with Crippen LogP contribution in [0.25, 0.3) is 76.5 Å². The second-order valence-electron chi connectivity index (χ2n) is 12.5. The average Bonchev–Trinajstić information content (AvgIpc) is 3.30. The second-order valence-corrected chi connectivity index (χ2v) is 12.5. The van der Waals surface area contributed by atoms with Gasteiger partial charge in [0.2, 0.25) is 0 Å². The van der Waals surface area contributed by atoms with E-state index in [2.05, 4.69) is 159 Å². The summed E-state index contributed by atoms with van der Waals surface area (Å²) in [6.45, 7) is 4.77. The van der Waals surface area contributed by atoms with Crippen LogP contribution in [0.4, 0.5) is 0 Å². The molecular formula is C43H30. The fraction of sp³-hybridized carbons (Fsp3) is 0.0698. The highest BCUT2D eigenvalue weighted by molar-refractivity contribution is 6.23. The zero-order valence-electron chi connectivity index (χ0n) is 24.4. The number of rotatable bonds is 2. The Balaban J connectivity index is 1.43. The van der Waals surface area contributed by atoms with Crippen LogP contribution in [0.3, 0.4) is 0 Å². The molecule has 0 aromatic heterocycles. The Morgan fingerprint density at radius 1 is 0.349 bits per heavy atom. The van der Waals surface area contributed by atoms with Crippen molar-refractivity contribution in [2.24, 2.45) is 0 Å². The summed E-state index contributed by atoms with van der Waals surface area (Å²) in [5.41, 5.74) is 10.7. The van der Waals surface area contributed by atoms with Crippen LogP contribution in [0.2, 0.25) is 0 Å². The van der Waals surface area contributed by atoms with E-state index in [1.165, 1.54) is 87.6 Å². The van der Waals surface area contributed by atoms with E-state index in [9.17, 15) is 0 Å². The number of fused-ring (bicyclic) bond motifs is 8. The Kier molecular flexibility index (Phi) is 5.05. The van der Waals surface area contributed by atoms with Crippen molar-refractivity contribution in [1.29, 1.82) is 0 Å². The molecule has 0 heterocycles. The van der Waals surface area contributed by atoms with Gasteiger partial charge < -0.3 is 0 Å². The van der Waals surface area contributed by atoms with E-state index < -0.39 is 0 Å². The third kappa shape index (κ3) is 3.38. The number of hydrogen-bond acceptors (Lipinski definition) is 0. The van der Waals surface area contributed by atoms with Crippen molar-refractivity contribution in [3.8, 4) is 33.4 Å². The summed E-state index contributed by atoms with van der Waals surface area (Å²) in [5.74, 6) is 0. The Hall–Kier alpha value is -5.20. The van der Waals surface area contributed by atoms with Crippen LogP contribution in [0.15, 0.2) is 146 Å². The summed E-state index contributed by atoms with van der Waals surface area (Å²) in [6.07, 6.45) is 0. The fourth-order valence-electron chi connectivity index (χ4n) is 7.83. The molecule has 0 amide bonds. The molecule has 202 valence electrons. The molecule has 1 aliphatic rings. The highest BCUT2D eigenvalue weighted by Gasteiger charge is 2.38. The largest absolute Gasteiger partial charge is 0.0616 e. The molecule has 0 spiro atoms. The molecule has 0 N–H and O–H groups in total. The Bertz CT molecular complexity index is 2360. The van der Waals surface area contributed by atoms with Gasteiger partial charge in [-0.05, 0) is 93.7 Å². The molecule has 0 saturated carbocycles. The van der Waals surface area contributed by atoms with E-state index in [0.717, 1.165) is 0 Å². The van der Waals surface area contributed by atoms with E-state index in [1.54, 1.807) is 0 Å². The zero-order valence-corrected chi connectivity index (χ0v) is 24.4. The maximum absolute atomic E-state index is 2.38. The minimum absolute atomic E-state index is 0.0820. The Morgan fingerprint density at radius 2 is 0.884 bits per heavy atom. The van der Waals surface area contributed by atoms with Gasteiger partial charge in [-0.3, -0.25) is 0 Å². The lowest BCUT2D eigenvalue weighted by atomic mass is 9.80. The molecule has 8 aromatic rings. The van der Waals surface area contributed by atoms with Gasteiger partial charge in [-0.2, -0.15) is 0 Å². The lowest BCUT2D eigenvalue weighted by molar-refractivity contribution is 0.661. The third-order valence-electron chi connectivity index (χ3n) is 9.83. The van der Waals surface area contributed by atoms with Gasteiger partial charge in [0.05, 0.1) is 0 Å². The summed E-state index contributed by atoms with van der Waals surface area (Å²) in [6, 6.07) is 54.1. The first-order valence-corrected chi connectivity index (χ1v) is 15.2. The number of hydrogen-bond donors (Lipinski definition) is 0. The maximum Gasteiger partial charge on any atom is 0.0159 e. The van der Waals surface area contributed by atoms with Crippen LogP contribution in [0.1, 0.15) is 25.0 Å². The molecule has 0 aliphatic heterocycles. The molecule has 9 rings (SSSR count). The van der Waals surface area contributed by atoms with Crippen molar-refractivity contribution in [3.63, 3.8) is 0 Å². The van der Waals surface area contributed by atoms with Gasteiger partial charge >= 0.3 is 0 Å². The maximum atomic E-state index is 2.38. The normalized spacial score (nSPS) is 13.5. The Morgan fingerprint density at radius 3 is 1.58 bits per heavy atom.